The minimum atomic E-state index is -1.000. The summed E-state index contributed by atoms with van der Waals surface area (Å²) >= 11 is 0. The molecule has 4 aliphatic heterocycles. The Hall–Kier alpha value is -7.75. The molecular weight excluding hydrogens is 849 g/mol. The largest absolute Gasteiger partial charge is 0.494 e. The second kappa shape index (κ2) is 18.8. The fraction of sp³-hybridized carbons (Fsp3) is 0.386. The number of aromatic nitrogens is 7. The maximum absolute atomic E-state index is 13.4. The van der Waals surface area contributed by atoms with Gasteiger partial charge in [0.05, 0.1) is 35.2 Å². The summed E-state index contributed by atoms with van der Waals surface area (Å²) in [6.45, 7) is 7.66. The van der Waals surface area contributed by atoms with Crippen LogP contribution in [0.15, 0.2) is 61.2 Å². The maximum atomic E-state index is 13.4. The number of piperazine rings is 2. The van der Waals surface area contributed by atoms with Crippen molar-refractivity contribution in [1.82, 2.24) is 55.4 Å². The highest BCUT2D eigenvalue weighted by molar-refractivity contribution is 6.23. The summed E-state index contributed by atoms with van der Waals surface area (Å²) in [6, 6.07) is 13.6. The van der Waals surface area contributed by atoms with E-state index < -0.39 is 29.7 Å². The number of methoxy groups -OCH3 is 1. The molecule has 66 heavy (non-hydrogen) atoms. The molecule has 0 saturated carbocycles. The Morgan fingerprint density at radius 2 is 1.55 bits per heavy atom. The van der Waals surface area contributed by atoms with Crippen molar-refractivity contribution in [2.24, 2.45) is 7.05 Å². The molecule has 22 nitrogen and oxygen atoms in total. The van der Waals surface area contributed by atoms with Crippen LogP contribution in [-0.4, -0.2) is 160 Å². The second-order valence-electron chi connectivity index (χ2n) is 16.3. The molecule has 5 amide bonds. The molecule has 5 aromatic rings. The number of anilines is 6. The van der Waals surface area contributed by atoms with Crippen molar-refractivity contribution in [3.63, 3.8) is 0 Å². The van der Waals surface area contributed by atoms with Crippen LogP contribution < -0.4 is 40.7 Å². The number of ether oxygens (including phenoxy) is 1. The number of rotatable bonds is 14. The lowest BCUT2D eigenvalue weighted by Gasteiger charge is -2.38. The number of hydrogen-bond donors (Lipinski definition) is 4. The molecule has 0 aliphatic carbocycles. The number of nitrogens with zero attached hydrogens (tertiary/aromatic N) is 12. The lowest BCUT2D eigenvalue weighted by atomic mass is 10.0. The maximum Gasteiger partial charge on any atom is 0.273 e. The van der Waals surface area contributed by atoms with Crippen LogP contribution in [0.2, 0.25) is 0 Å². The molecule has 3 aromatic heterocycles. The van der Waals surface area contributed by atoms with Gasteiger partial charge in [0.1, 0.15) is 30.3 Å². The van der Waals surface area contributed by atoms with Gasteiger partial charge in [0.2, 0.25) is 11.8 Å². The van der Waals surface area contributed by atoms with E-state index >= 15 is 0 Å². The van der Waals surface area contributed by atoms with Crippen LogP contribution in [0.4, 0.5) is 34.5 Å². The SMILES string of the molecule is CNC(=O)c1nnc(NCCCN2CCN(c3cc(N4CCN(c5ccc6c(c5)C(=O)N(C5CCC(=O)NC5=O)C6=O)CC4)ncn3)CC2)cc1Nc1cccc(-c2ncn(C)n2)c1OC. The van der Waals surface area contributed by atoms with E-state index in [1.54, 1.807) is 56.7 Å². The number of aryl methyl sites for hydroxylation is 1. The molecule has 1 unspecified atom stereocenters. The highest BCUT2D eigenvalue weighted by Gasteiger charge is 2.45. The first-order valence-electron chi connectivity index (χ1n) is 21.9. The number of benzene rings is 2. The van der Waals surface area contributed by atoms with Crippen LogP contribution in [0.5, 0.6) is 5.75 Å². The summed E-state index contributed by atoms with van der Waals surface area (Å²) in [5.74, 6) is 0.837. The number of para-hydroxylation sites is 1. The molecule has 1 atom stereocenters. The first-order chi connectivity index (χ1) is 32.1. The van der Waals surface area contributed by atoms with E-state index in [9.17, 15) is 24.0 Å². The van der Waals surface area contributed by atoms with Crippen LogP contribution in [0.1, 0.15) is 50.5 Å². The van der Waals surface area contributed by atoms with E-state index in [2.05, 4.69) is 71.1 Å². The molecule has 9 rings (SSSR count). The van der Waals surface area contributed by atoms with Gasteiger partial charge < -0.3 is 35.4 Å². The van der Waals surface area contributed by atoms with Crippen molar-refractivity contribution >= 4 is 64.1 Å². The van der Waals surface area contributed by atoms with E-state index in [0.29, 0.717) is 67.1 Å². The Balaban J connectivity index is 0.749. The van der Waals surface area contributed by atoms with Crippen LogP contribution in [0.3, 0.4) is 0 Å². The fourth-order valence-corrected chi connectivity index (χ4v) is 8.75. The number of carbonyl (C=O) groups is 5. The summed E-state index contributed by atoms with van der Waals surface area (Å²) in [7, 11) is 4.91. The predicted molar refractivity (Wildman–Crippen MR) is 243 cm³/mol. The van der Waals surface area contributed by atoms with E-state index in [1.165, 1.54) is 0 Å². The molecule has 0 bridgehead atoms. The van der Waals surface area contributed by atoms with Gasteiger partial charge in [-0.25, -0.2) is 15.0 Å². The van der Waals surface area contributed by atoms with Gasteiger partial charge in [-0.3, -0.25) is 43.8 Å². The molecule has 2 aromatic carbocycles. The highest BCUT2D eigenvalue weighted by Crippen LogP contribution is 2.37. The van der Waals surface area contributed by atoms with E-state index in [0.717, 1.165) is 61.4 Å². The highest BCUT2D eigenvalue weighted by atomic mass is 16.5. The Bertz CT molecular complexity index is 2680. The second-order valence-corrected chi connectivity index (χ2v) is 16.3. The number of carbonyl (C=O) groups excluding carboxylic acids is 5. The van der Waals surface area contributed by atoms with E-state index in [4.69, 9.17) is 4.74 Å². The number of amides is 5. The molecule has 7 heterocycles. The van der Waals surface area contributed by atoms with Gasteiger partial charge in [-0.2, -0.15) is 5.10 Å². The molecule has 4 aliphatic rings. The average molecular weight is 899 g/mol. The minimum Gasteiger partial charge on any atom is -0.494 e. The zero-order valence-electron chi connectivity index (χ0n) is 36.9. The smallest absolute Gasteiger partial charge is 0.273 e. The number of fused-ring (bicyclic) bond motifs is 1. The van der Waals surface area contributed by atoms with Crippen molar-refractivity contribution in [1.29, 1.82) is 0 Å². The van der Waals surface area contributed by atoms with Crippen LogP contribution in [-0.2, 0) is 16.6 Å². The standard InChI is InChI=1S/C44H50N16O6/c1-45-42(63)38-32(50-31-7-4-6-29(39(31)66-3)40-49-26-55(2)54-40)23-34(52-53-38)46-12-5-13-56-14-16-58(17-15-56)35-24-36(48-25-47-35)59-20-18-57(19-21-59)27-8-9-28-30(22-27)44(65)60(43(28)64)33-10-11-37(61)51-41(33)62/h4,6-9,22-26,33H,5,10-21H2,1-3H3,(H,45,63)(H2,46,50,52)(H,51,61,62). The van der Waals surface area contributed by atoms with E-state index in [1.807, 2.05) is 30.3 Å². The predicted octanol–water partition coefficient (Wildman–Crippen LogP) is 1.53. The molecule has 0 radical (unpaired) electrons. The number of nitrogens with one attached hydrogen (secondary N) is 4. The normalized spacial score (nSPS) is 17.8. The molecule has 4 N–H and O–H groups in total. The van der Waals surface area contributed by atoms with Crippen LogP contribution in [0.25, 0.3) is 11.4 Å². The first-order valence-corrected chi connectivity index (χ1v) is 21.9. The van der Waals surface area contributed by atoms with Gasteiger partial charge in [-0.1, -0.05) is 6.07 Å². The lowest BCUT2D eigenvalue weighted by Crippen LogP contribution is -2.54. The molecule has 22 heteroatoms. The van der Waals surface area contributed by atoms with Crippen LogP contribution in [0, 0.1) is 0 Å². The van der Waals surface area contributed by atoms with Crippen LogP contribution >= 0.6 is 0 Å². The summed E-state index contributed by atoms with van der Waals surface area (Å²) < 4.78 is 7.38. The minimum absolute atomic E-state index is 0.0736. The third-order valence-electron chi connectivity index (χ3n) is 12.2. The van der Waals surface area contributed by atoms with Crippen molar-refractivity contribution in [2.45, 2.75) is 25.3 Å². The third kappa shape index (κ3) is 8.86. The quantitative estimate of drug-likeness (QED) is 0.0913. The fourth-order valence-electron chi connectivity index (χ4n) is 8.75. The Morgan fingerprint density at radius 1 is 0.818 bits per heavy atom. The Morgan fingerprint density at radius 3 is 2.24 bits per heavy atom. The average Bonchev–Trinajstić information content (AvgIpc) is 3.89. The monoisotopic (exact) mass is 898 g/mol. The molecule has 3 fully saturated rings. The van der Waals surface area contributed by atoms with Gasteiger partial charge in [0.15, 0.2) is 23.1 Å². The Kier molecular flexibility index (Phi) is 12.4. The summed E-state index contributed by atoms with van der Waals surface area (Å²) in [6.07, 6.45) is 4.28. The topological polar surface area (TPSA) is 241 Å². The summed E-state index contributed by atoms with van der Waals surface area (Å²) in [4.78, 5) is 87.2. The number of hydrogen-bond acceptors (Lipinski definition) is 18. The van der Waals surface area contributed by atoms with Gasteiger partial charge in [0.25, 0.3) is 17.7 Å². The molecular formula is C44H50N16O6. The van der Waals surface area contributed by atoms with Crippen molar-refractivity contribution < 1.29 is 28.7 Å². The first kappa shape index (κ1) is 43.5. The van der Waals surface area contributed by atoms with Gasteiger partial charge >= 0.3 is 0 Å². The summed E-state index contributed by atoms with van der Waals surface area (Å²) in [5, 5.41) is 24.5. The molecule has 0 spiro atoms. The van der Waals surface area contributed by atoms with E-state index in [-0.39, 0.29) is 35.6 Å². The number of imide groups is 2. The zero-order chi connectivity index (χ0) is 45.9. The van der Waals surface area contributed by atoms with Crippen molar-refractivity contribution in [3.05, 3.63) is 78.0 Å². The lowest BCUT2D eigenvalue weighted by molar-refractivity contribution is -0.136. The molecule has 342 valence electrons. The van der Waals surface area contributed by atoms with Gasteiger partial charge in [0, 0.05) is 97.2 Å². The van der Waals surface area contributed by atoms with Gasteiger partial charge in [-0.15, -0.1) is 10.2 Å². The Labute approximate surface area is 379 Å². The zero-order valence-corrected chi connectivity index (χ0v) is 36.9. The molecule has 3 saturated heterocycles. The number of piperidine rings is 1. The van der Waals surface area contributed by atoms with Crippen molar-refractivity contribution in [3.8, 4) is 17.1 Å². The van der Waals surface area contributed by atoms with Crippen molar-refractivity contribution in [2.75, 3.05) is 105 Å². The van der Waals surface area contributed by atoms with Gasteiger partial charge in [-0.05, 0) is 49.7 Å². The summed E-state index contributed by atoms with van der Waals surface area (Å²) in [5.41, 5.74) is 3.25. The third-order valence-corrected chi connectivity index (χ3v) is 12.2.